The fourth-order valence-electron chi connectivity index (χ4n) is 2.79. The Morgan fingerprint density at radius 3 is 2.79 bits per heavy atom. The largest absolute Gasteiger partial charge is 0.454 e. The normalized spacial score (nSPS) is 11.9. The van der Waals surface area contributed by atoms with Crippen LogP contribution in [0.3, 0.4) is 0 Å². The second kappa shape index (κ2) is 7.78. The molecule has 0 saturated carbocycles. The predicted molar refractivity (Wildman–Crippen MR) is 108 cm³/mol. The number of benzene rings is 2. The summed E-state index contributed by atoms with van der Waals surface area (Å²) in [6.45, 7) is 2.74. The molecule has 0 saturated heterocycles. The first kappa shape index (κ1) is 18.1. The van der Waals surface area contributed by atoms with E-state index < -0.39 is 0 Å². The number of pyridine rings is 1. The molecule has 0 spiro atoms. The molecular weight excluding hydrogens is 378 g/mol. The van der Waals surface area contributed by atoms with E-state index in [-0.39, 0.29) is 12.7 Å². The van der Waals surface area contributed by atoms with Gasteiger partial charge in [-0.1, -0.05) is 23.7 Å². The highest BCUT2D eigenvalue weighted by Crippen LogP contribution is 2.32. The fraction of sp³-hybridized carbons (Fsp3) is 0.143. The molecule has 1 aliphatic rings. The monoisotopic (exact) mass is 395 g/mol. The molecule has 4 rings (SSSR count). The SMILES string of the molecule is Cc1ccc(NC(=O)c2cc(NCc3ccc4c(c3)OCO4)ccn2)cc1Cl. The van der Waals surface area contributed by atoms with Crippen molar-refractivity contribution in [3.8, 4) is 11.5 Å². The van der Waals surface area contributed by atoms with Gasteiger partial charge in [-0.25, -0.2) is 0 Å². The molecule has 7 heteroatoms. The molecule has 0 aliphatic carbocycles. The number of hydrogen-bond acceptors (Lipinski definition) is 5. The molecule has 2 N–H and O–H groups in total. The van der Waals surface area contributed by atoms with E-state index in [0.717, 1.165) is 28.3 Å². The van der Waals surface area contributed by atoms with Crippen LogP contribution in [-0.2, 0) is 6.54 Å². The first-order valence-electron chi connectivity index (χ1n) is 8.74. The van der Waals surface area contributed by atoms with Crippen LogP contribution in [0, 0.1) is 6.92 Å². The van der Waals surface area contributed by atoms with Crippen LogP contribution in [0.5, 0.6) is 11.5 Å². The van der Waals surface area contributed by atoms with Crippen molar-refractivity contribution < 1.29 is 14.3 Å². The number of carbonyl (C=O) groups excluding carboxylic acids is 1. The van der Waals surface area contributed by atoms with Crippen LogP contribution in [0.1, 0.15) is 21.6 Å². The molecule has 0 bridgehead atoms. The fourth-order valence-corrected chi connectivity index (χ4v) is 2.97. The van der Waals surface area contributed by atoms with Crippen LogP contribution in [0.15, 0.2) is 54.7 Å². The lowest BCUT2D eigenvalue weighted by Gasteiger charge is -2.10. The van der Waals surface area contributed by atoms with Gasteiger partial charge in [0.15, 0.2) is 11.5 Å². The number of carbonyl (C=O) groups is 1. The number of halogens is 1. The highest BCUT2D eigenvalue weighted by atomic mass is 35.5. The molecule has 0 radical (unpaired) electrons. The summed E-state index contributed by atoms with van der Waals surface area (Å²) in [7, 11) is 0. The number of aryl methyl sites for hydroxylation is 1. The summed E-state index contributed by atoms with van der Waals surface area (Å²) in [5.41, 5.74) is 3.72. The van der Waals surface area contributed by atoms with E-state index in [0.29, 0.717) is 22.9 Å². The molecule has 28 heavy (non-hydrogen) atoms. The minimum atomic E-state index is -0.299. The van der Waals surface area contributed by atoms with E-state index >= 15 is 0 Å². The molecule has 142 valence electrons. The average molecular weight is 396 g/mol. The lowest BCUT2D eigenvalue weighted by atomic mass is 10.2. The summed E-state index contributed by atoms with van der Waals surface area (Å²) >= 11 is 6.11. The minimum absolute atomic E-state index is 0.251. The number of hydrogen-bond donors (Lipinski definition) is 2. The molecule has 0 fully saturated rings. The van der Waals surface area contributed by atoms with Crippen molar-refractivity contribution in [1.29, 1.82) is 0 Å². The Morgan fingerprint density at radius 1 is 1.07 bits per heavy atom. The number of anilines is 2. The van der Waals surface area contributed by atoms with E-state index in [4.69, 9.17) is 21.1 Å². The zero-order chi connectivity index (χ0) is 19.5. The smallest absolute Gasteiger partial charge is 0.274 e. The second-order valence-corrected chi connectivity index (χ2v) is 6.80. The van der Waals surface area contributed by atoms with Gasteiger partial charge in [-0.05, 0) is 54.4 Å². The maximum absolute atomic E-state index is 12.5. The van der Waals surface area contributed by atoms with Crippen LogP contribution < -0.4 is 20.1 Å². The summed E-state index contributed by atoms with van der Waals surface area (Å²) in [5, 5.41) is 6.70. The lowest BCUT2D eigenvalue weighted by Crippen LogP contribution is -2.14. The molecule has 2 heterocycles. The third kappa shape index (κ3) is 4.02. The standard InChI is InChI=1S/C21H18ClN3O3/c1-13-2-4-16(9-17(13)22)25-21(26)18-10-15(6-7-23-18)24-11-14-3-5-19-20(8-14)28-12-27-19/h2-10H,11-12H2,1H3,(H,23,24)(H,25,26). The number of fused-ring (bicyclic) bond motifs is 1. The molecule has 1 aliphatic heterocycles. The Morgan fingerprint density at radius 2 is 1.93 bits per heavy atom. The van der Waals surface area contributed by atoms with Gasteiger partial charge < -0.3 is 20.1 Å². The van der Waals surface area contributed by atoms with Gasteiger partial charge in [-0.2, -0.15) is 0 Å². The van der Waals surface area contributed by atoms with Gasteiger partial charge in [0.1, 0.15) is 5.69 Å². The number of ether oxygens (including phenoxy) is 2. The topological polar surface area (TPSA) is 72.5 Å². The van der Waals surface area contributed by atoms with Crippen LogP contribution >= 0.6 is 11.6 Å². The van der Waals surface area contributed by atoms with Gasteiger partial charge in [0.25, 0.3) is 5.91 Å². The van der Waals surface area contributed by atoms with Crippen molar-refractivity contribution in [2.75, 3.05) is 17.4 Å². The molecule has 1 amide bonds. The Labute approximate surface area is 167 Å². The number of nitrogens with zero attached hydrogens (tertiary/aromatic N) is 1. The summed E-state index contributed by atoms with van der Waals surface area (Å²) < 4.78 is 10.7. The van der Waals surface area contributed by atoms with Crippen molar-refractivity contribution >= 4 is 28.9 Å². The average Bonchev–Trinajstić information content (AvgIpc) is 3.17. The Bertz CT molecular complexity index is 1040. The summed E-state index contributed by atoms with van der Waals surface area (Å²) in [4.78, 5) is 16.6. The quantitative estimate of drug-likeness (QED) is 0.658. The zero-order valence-corrected chi connectivity index (χ0v) is 15.9. The molecule has 1 aromatic heterocycles. The van der Waals surface area contributed by atoms with Crippen LogP contribution in [0.25, 0.3) is 0 Å². The first-order chi connectivity index (χ1) is 13.6. The molecule has 0 unspecified atom stereocenters. The van der Waals surface area contributed by atoms with Gasteiger partial charge in [0.05, 0.1) is 0 Å². The minimum Gasteiger partial charge on any atom is -0.454 e. The van der Waals surface area contributed by atoms with E-state index in [1.165, 1.54) is 0 Å². The lowest BCUT2D eigenvalue weighted by molar-refractivity contribution is 0.102. The van der Waals surface area contributed by atoms with Crippen molar-refractivity contribution in [3.05, 3.63) is 76.6 Å². The molecule has 2 aromatic carbocycles. The van der Waals surface area contributed by atoms with Gasteiger partial charge >= 0.3 is 0 Å². The Balaban J connectivity index is 1.42. The number of nitrogens with one attached hydrogen (secondary N) is 2. The maximum Gasteiger partial charge on any atom is 0.274 e. The van der Waals surface area contributed by atoms with Gasteiger partial charge in [0.2, 0.25) is 6.79 Å². The van der Waals surface area contributed by atoms with Crippen molar-refractivity contribution in [3.63, 3.8) is 0 Å². The Kier molecular flexibility index (Phi) is 5.04. The Hall–Kier alpha value is -3.25. The summed E-state index contributed by atoms with van der Waals surface area (Å²) in [6.07, 6.45) is 1.60. The van der Waals surface area contributed by atoms with Crippen molar-refractivity contribution in [1.82, 2.24) is 4.98 Å². The molecule has 6 nitrogen and oxygen atoms in total. The second-order valence-electron chi connectivity index (χ2n) is 6.39. The van der Waals surface area contributed by atoms with E-state index in [2.05, 4.69) is 15.6 Å². The van der Waals surface area contributed by atoms with Crippen molar-refractivity contribution in [2.24, 2.45) is 0 Å². The van der Waals surface area contributed by atoms with Crippen LogP contribution in [0.2, 0.25) is 5.02 Å². The molecular formula is C21H18ClN3O3. The van der Waals surface area contributed by atoms with Gasteiger partial charge in [-0.15, -0.1) is 0 Å². The van der Waals surface area contributed by atoms with Crippen LogP contribution in [0.4, 0.5) is 11.4 Å². The maximum atomic E-state index is 12.5. The van der Waals surface area contributed by atoms with Crippen molar-refractivity contribution in [2.45, 2.75) is 13.5 Å². The zero-order valence-electron chi connectivity index (χ0n) is 15.2. The van der Waals surface area contributed by atoms with E-state index in [9.17, 15) is 4.79 Å². The highest BCUT2D eigenvalue weighted by Gasteiger charge is 2.13. The van der Waals surface area contributed by atoms with Crippen LogP contribution in [-0.4, -0.2) is 17.7 Å². The summed E-state index contributed by atoms with van der Waals surface area (Å²) in [6, 6.07) is 14.7. The predicted octanol–water partition coefficient (Wildman–Crippen LogP) is 4.64. The third-order valence-corrected chi connectivity index (χ3v) is 4.76. The summed E-state index contributed by atoms with van der Waals surface area (Å²) in [5.74, 6) is 1.19. The third-order valence-electron chi connectivity index (χ3n) is 4.36. The molecule has 0 atom stereocenters. The number of aromatic nitrogens is 1. The van der Waals surface area contributed by atoms with E-state index in [1.54, 1.807) is 24.4 Å². The van der Waals surface area contributed by atoms with Gasteiger partial charge in [-0.3, -0.25) is 9.78 Å². The first-order valence-corrected chi connectivity index (χ1v) is 9.12. The number of rotatable bonds is 5. The molecule has 3 aromatic rings. The highest BCUT2D eigenvalue weighted by molar-refractivity contribution is 6.31. The number of amides is 1. The van der Waals surface area contributed by atoms with E-state index in [1.807, 2.05) is 37.3 Å². The van der Waals surface area contributed by atoms with Gasteiger partial charge in [0, 0.05) is 29.1 Å².